The van der Waals surface area contributed by atoms with Crippen LogP contribution in [0.4, 0.5) is 10.1 Å². The highest BCUT2D eigenvalue weighted by Crippen LogP contribution is 2.18. The SMILES string of the molecule is CN(C)C(=O)c1ccc(NC(=O)c2ccccc2C(=O)c2ccc(F)cc2)cc1. The van der Waals surface area contributed by atoms with E-state index in [0.717, 1.165) is 0 Å². The first-order valence-electron chi connectivity index (χ1n) is 8.89. The summed E-state index contributed by atoms with van der Waals surface area (Å²) in [7, 11) is 3.32. The number of rotatable bonds is 5. The minimum atomic E-state index is -0.456. The number of halogens is 1. The summed E-state index contributed by atoms with van der Waals surface area (Å²) in [4.78, 5) is 38.9. The number of ketones is 1. The van der Waals surface area contributed by atoms with Crippen LogP contribution in [-0.4, -0.2) is 36.6 Å². The number of nitrogens with zero attached hydrogens (tertiary/aromatic N) is 1. The van der Waals surface area contributed by atoms with Gasteiger partial charge in [-0.25, -0.2) is 4.39 Å². The van der Waals surface area contributed by atoms with Crippen molar-refractivity contribution < 1.29 is 18.8 Å². The van der Waals surface area contributed by atoms with Crippen LogP contribution in [-0.2, 0) is 0 Å². The molecule has 0 heterocycles. The number of hydrogen-bond acceptors (Lipinski definition) is 3. The maximum atomic E-state index is 13.1. The molecule has 29 heavy (non-hydrogen) atoms. The quantitative estimate of drug-likeness (QED) is 0.670. The van der Waals surface area contributed by atoms with E-state index in [1.807, 2.05) is 0 Å². The number of hydrogen-bond donors (Lipinski definition) is 1. The molecule has 0 aliphatic rings. The number of carbonyl (C=O) groups is 3. The molecule has 0 aliphatic carbocycles. The Morgan fingerprint density at radius 3 is 1.90 bits per heavy atom. The van der Waals surface area contributed by atoms with Crippen molar-refractivity contribution in [3.8, 4) is 0 Å². The van der Waals surface area contributed by atoms with Crippen molar-refractivity contribution in [3.05, 3.63) is 101 Å². The van der Waals surface area contributed by atoms with Crippen molar-refractivity contribution in [1.82, 2.24) is 4.90 Å². The van der Waals surface area contributed by atoms with Crippen molar-refractivity contribution in [3.63, 3.8) is 0 Å². The maximum absolute atomic E-state index is 13.1. The lowest BCUT2D eigenvalue weighted by atomic mass is 9.98. The summed E-state index contributed by atoms with van der Waals surface area (Å²) in [5, 5.41) is 2.73. The summed E-state index contributed by atoms with van der Waals surface area (Å²) >= 11 is 0. The molecule has 3 rings (SSSR count). The van der Waals surface area contributed by atoms with Crippen molar-refractivity contribution in [2.24, 2.45) is 0 Å². The summed E-state index contributed by atoms with van der Waals surface area (Å²) in [5.74, 6) is -1.41. The number of nitrogens with one attached hydrogen (secondary N) is 1. The third-order valence-corrected chi connectivity index (χ3v) is 4.32. The van der Waals surface area contributed by atoms with Gasteiger partial charge in [-0.3, -0.25) is 14.4 Å². The predicted octanol–water partition coefficient (Wildman–Crippen LogP) is 4.01. The van der Waals surface area contributed by atoms with E-state index in [1.54, 1.807) is 62.6 Å². The number of anilines is 1. The van der Waals surface area contributed by atoms with E-state index in [1.165, 1.54) is 29.2 Å². The summed E-state index contributed by atoms with van der Waals surface area (Å²) < 4.78 is 13.1. The van der Waals surface area contributed by atoms with Gasteiger partial charge in [-0.2, -0.15) is 0 Å². The van der Waals surface area contributed by atoms with E-state index >= 15 is 0 Å². The molecule has 1 N–H and O–H groups in total. The molecule has 5 nitrogen and oxygen atoms in total. The lowest BCUT2D eigenvalue weighted by Gasteiger charge is -2.12. The molecule has 2 amide bonds. The maximum Gasteiger partial charge on any atom is 0.256 e. The highest BCUT2D eigenvalue weighted by molar-refractivity contribution is 6.17. The topological polar surface area (TPSA) is 66.5 Å². The Bertz CT molecular complexity index is 1060. The molecular weight excluding hydrogens is 371 g/mol. The molecule has 0 unspecified atom stereocenters. The second-order valence-corrected chi connectivity index (χ2v) is 6.61. The Kier molecular flexibility index (Phi) is 5.83. The molecule has 0 aliphatic heterocycles. The van der Waals surface area contributed by atoms with Crippen LogP contribution < -0.4 is 5.32 Å². The molecule has 0 fully saturated rings. The van der Waals surface area contributed by atoms with Gasteiger partial charge in [0, 0.05) is 36.5 Å². The van der Waals surface area contributed by atoms with Gasteiger partial charge < -0.3 is 10.2 Å². The first kappa shape index (κ1) is 19.9. The van der Waals surface area contributed by atoms with Crippen LogP contribution in [0.3, 0.4) is 0 Å². The van der Waals surface area contributed by atoms with E-state index in [2.05, 4.69) is 5.32 Å². The van der Waals surface area contributed by atoms with Crippen LogP contribution >= 0.6 is 0 Å². The number of amides is 2. The van der Waals surface area contributed by atoms with Gasteiger partial charge >= 0.3 is 0 Å². The van der Waals surface area contributed by atoms with Crippen LogP contribution in [0.5, 0.6) is 0 Å². The smallest absolute Gasteiger partial charge is 0.256 e. The van der Waals surface area contributed by atoms with Crippen molar-refractivity contribution in [2.45, 2.75) is 0 Å². The van der Waals surface area contributed by atoms with E-state index in [0.29, 0.717) is 16.8 Å². The van der Waals surface area contributed by atoms with Crippen LogP contribution in [0.25, 0.3) is 0 Å². The van der Waals surface area contributed by atoms with Gasteiger partial charge in [0.05, 0.1) is 5.56 Å². The molecule has 0 atom stereocenters. The molecule has 0 aromatic heterocycles. The Morgan fingerprint density at radius 2 is 1.31 bits per heavy atom. The molecule has 0 saturated heterocycles. The van der Waals surface area contributed by atoms with Gasteiger partial charge in [-0.05, 0) is 54.6 Å². The molecular formula is C23H19FN2O3. The Morgan fingerprint density at radius 1 is 0.759 bits per heavy atom. The lowest BCUT2D eigenvalue weighted by molar-refractivity contribution is 0.0827. The van der Waals surface area contributed by atoms with Crippen molar-refractivity contribution in [1.29, 1.82) is 0 Å². The number of benzene rings is 3. The van der Waals surface area contributed by atoms with Crippen molar-refractivity contribution in [2.75, 3.05) is 19.4 Å². The van der Waals surface area contributed by atoms with E-state index in [9.17, 15) is 18.8 Å². The third kappa shape index (κ3) is 4.55. The monoisotopic (exact) mass is 390 g/mol. The minimum absolute atomic E-state index is 0.141. The standard InChI is InChI=1S/C23H19FN2O3/c1-26(2)23(29)16-9-13-18(14-10-16)25-22(28)20-6-4-3-5-19(20)21(27)15-7-11-17(24)12-8-15/h3-14H,1-2H3,(H,25,28). The van der Waals surface area contributed by atoms with Crippen LogP contribution in [0.2, 0.25) is 0 Å². The Labute approximate surface area is 167 Å². The summed E-state index contributed by atoms with van der Waals surface area (Å²) in [5.41, 5.74) is 1.71. The average molecular weight is 390 g/mol. The minimum Gasteiger partial charge on any atom is -0.345 e. The van der Waals surface area contributed by atoms with Gasteiger partial charge in [-0.1, -0.05) is 18.2 Å². The molecule has 6 heteroatoms. The molecule has 0 radical (unpaired) electrons. The zero-order chi connectivity index (χ0) is 21.0. The molecule has 0 bridgehead atoms. The van der Waals surface area contributed by atoms with Crippen LogP contribution in [0.15, 0.2) is 72.8 Å². The first-order valence-corrected chi connectivity index (χ1v) is 8.89. The fourth-order valence-corrected chi connectivity index (χ4v) is 2.79. The predicted molar refractivity (Wildman–Crippen MR) is 109 cm³/mol. The molecule has 3 aromatic rings. The van der Waals surface area contributed by atoms with Crippen molar-refractivity contribution >= 4 is 23.3 Å². The fraction of sp³-hybridized carbons (Fsp3) is 0.0870. The zero-order valence-corrected chi connectivity index (χ0v) is 16.0. The summed E-state index contributed by atoms with van der Waals surface area (Å²) in [6, 6.07) is 18.1. The van der Waals surface area contributed by atoms with E-state index in [-0.39, 0.29) is 22.8 Å². The summed E-state index contributed by atoms with van der Waals surface area (Å²) in [6.07, 6.45) is 0. The Balaban J connectivity index is 1.82. The molecule has 3 aromatic carbocycles. The average Bonchev–Trinajstić information content (AvgIpc) is 2.73. The summed E-state index contributed by atoms with van der Waals surface area (Å²) in [6.45, 7) is 0. The van der Waals surface area contributed by atoms with Gasteiger partial charge in [0.1, 0.15) is 5.82 Å². The van der Waals surface area contributed by atoms with Gasteiger partial charge in [-0.15, -0.1) is 0 Å². The first-order chi connectivity index (χ1) is 13.9. The normalized spacial score (nSPS) is 10.3. The van der Waals surface area contributed by atoms with E-state index < -0.39 is 11.7 Å². The second-order valence-electron chi connectivity index (χ2n) is 6.61. The fourth-order valence-electron chi connectivity index (χ4n) is 2.79. The molecule has 0 saturated carbocycles. The zero-order valence-electron chi connectivity index (χ0n) is 16.0. The second kappa shape index (κ2) is 8.48. The Hall–Kier alpha value is -3.80. The van der Waals surface area contributed by atoms with Crippen LogP contribution in [0.1, 0.15) is 36.6 Å². The molecule has 146 valence electrons. The van der Waals surface area contributed by atoms with Gasteiger partial charge in [0.25, 0.3) is 11.8 Å². The third-order valence-electron chi connectivity index (χ3n) is 4.32. The number of carbonyl (C=O) groups excluding carboxylic acids is 3. The lowest BCUT2D eigenvalue weighted by Crippen LogP contribution is -2.21. The van der Waals surface area contributed by atoms with Gasteiger partial charge in [0.2, 0.25) is 0 Å². The van der Waals surface area contributed by atoms with Crippen LogP contribution in [0, 0.1) is 5.82 Å². The van der Waals surface area contributed by atoms with E-state index in [4.69, 9.17) is 0 Å². The highest BCUT2D eigenvalue weighted by atomic mass is 19.1. The van der Waals surface area contributed by atoms with Gasteiger partial charge in [0.15, 0.2) is 5.78 Å². The molecule has 0 spiro atoms. The largest absolute Gasteiger partial charge is 0.345 e. The highest BCUT2D eigenvalue weighted by Gasteiger charge is 2.18.